The van der Waals surface area contributed by atoms with Gasteiger partial charge in [0.1, 0.15) is 6.54 Å². The van der Waals surface area contributed by atoms with E-state index in [1.54, 1.807) is 21.0 Å². The summed E-state index contributed by atoms with van der Waals surface area (Å²) in [5.41, 5.74) is 0. The number of methoxy groups -OCH3 is 1. The molecule has 2 amide bonds. The Bertz CT molecular complexity index is 306. The Labute approximate surface area is 107 Å². The maximum atomic E-state index is 12.0. The van der Waals surface area contributed by atoms with Gasteiger partial charge in [-0.2, -0.15) is 0 Å². The summed E-state index contributed by atoms with van der Waals surface area (Å²) in [6, 6.07) is -0.498. The molecule has 6 nitrogen and oxygen atoms in total. The zero-order valence-corrected chi connectivity index (χ0v) is 11.2. The van der Waals surface area contributed by atoms with Gasteiger partial charge in [0.25, 0.3) is 0 Å². The molecular formula is C12H22N2O4. The van der Waals surface area contributed by atoms with E-state index >= 15 is 0 Å². The van der Waals surface area contributed by atoms with Gasteiger partial charge in [-0.1, -0.05) is 0 Å². The first-order chi connectivity index (χ1) is 8.45. The fourth-order valence-electron chi connectivity index (χ4n) is 2.25. The number of carbonyl (C=O) groups is 2. The van der Waals surface area contributed by atoms with Crippen LogP contribution < -0.4 is 5.32 Å². The topological polar surface area (TPSA) is 78.9 Å². The second-order valence-corrected chi connectivity index (χ2v) is 4.88. The largest absolute Gasteiger partial charge is 0.480 e. The van der Waals surface area contributed by atoms with Crippen LogP contribution in [0.2, 0.25) is 0 Å². The molecule has 0 spiro atoms. The van der Waals surface area contributed by atoms with Gasteiger partial charge < -0.3 is 20.1 Å². The zero-order valence-electron chi connectivity index (χ0n) is 11.2. The molecule has 0 saturated heterocycles. The lowest BCUT2D eigenvalue weighted by molar-refractivity contribution is -0.138. The second-order valence-electron chi connectivity index (χ2n) is 4.88. The Balaban J connectivity index is 2.58. The minimum absolute atomic E-state index is 0.0162. The van der Waals surface area contributed by atoms with Gasteiger partial charge in [-0.15, -0.1) is 0 Å². The summed E-state index contributed by atoms with van der Waals surface area (Å²) >= 11 is 0. The van der Waals surface area contributed by atoms with Crippen molar-refractivity contribution in [3.05, 3.63) is 0 Å². The lowest BCUT2D eigenvalue weighted by Gasteiger charge is -2.28. The molecule has 1 saturated carbocycles. The molecule has 1 rings (SSSR count). The van der Waals surface area contributed by atoms with E-state index < -0.39 is 5.97 Å². The summed E-state index contributed by atoms with van der Waals surface area (Å²) in [7, 11) is 1.63. The molecule has 6 heteroatoms. The Hall–Kier alpha value is -1.30. The minimum atomic E-state index is -1.01. The predicted molar refractivity (Wildman–Crippen MR) is 66.4 cm³/mol. The third-order valence-corrected chi connectivity index (χ3v) is 3.25. The van der Waals surface area contributed by atoms with Crippen molar-refractivity contribution in [3.8, 4) is 0 Å². The van der Waals surface area contributed by atoms with Crippen LogP contribution in [0.3, 0.4) is 0 Å². The molecule has 0 aromatic heterocycles. The van der Waals surface area contributed by atoms with Gasteiger partial charge in [0, 0.05) is 13.2 Å². The van der Waals surface area contributed by atoms with E-state index in [2.05, 4.69) is 5.32 Å². The van der Waals surface area contributed by atoms with Crippen LogP contribution in [-0.2, 0) is 9.53 Å². The molecule has 2 atom stereocenters. The minimum Gasteiger partial charge on any atom is -0.480 e. The number of hydrogen-bond donors (Lipinski definition) is 2. The van der Waals surface area contributed by atoms with Crippen molar-refractivity contribution in [1.82, 2.24) is 10.2 Å². The molecule has 2 N–H and O–H groups in total. The van der Waals surface area contributed by atoms with E-state index in [1.807, 2.05) is 0 Å². The molecule has 2 unspecified atom stereocenters. The fraction of sp³-hybridized carbons (Fsp3) is 0.833. The van der Waals surface area contributed by atoms with Crippen molar-refractivity contribution in [2.45, 2.75) is 51.3 Å². The van der Waals surface area contributed by atoms with E-state index in [1.165, 1.54) is 4.90 Å². The molecule has 0 aliphatic heterocycles. The Morgan fingerprint density at radius 2 is 2.11 bits per heavy atom. The summed E-state index contributed by atoms with van der Waals surface area (Å²) in [4.78, 5) is 24.1. The normalized spacial score (nSPS) is 23.1. The average molecular weight is 258 g/mol. The van der Waals surface area contributed by atoms with Crippen LogP contribution in [0.15, 0.2) is 0 Å². The van der Waals surface area contributed by atoms with Crippen LogP contribution in [0, 0.1) is 0 Å². The highest BCUT2D eigenvalue weighted by Crippen LogP contribution is 2.21. The number of nitrogens with zero attached hydrogens (tertiary/aromatic N) is 1. The van der Waals surface area contributed by atoms with Crippen molar-refractivity contribution in [1.29, 1.82) is 0 Å². The number of aliphatic carboxylic acids is 1. The molecule has 1 fully saturated rings. The molecule has 18 heavy (non-hydrogen) atoms. The fourth-order valence-corrected chi connectivity index (χ4v) is 2.25. The third kappa shape index (κ3) is 3.87. The highest BCUT2D eigenvalue weighted by molar-refractivity contribution is 5.80. The van der Waals surface area contributed by atoms with Gasteiger partial charge in [0.05, 0.1) is 12.1 Å². The van der Waals surface area contributed by atoms with Gasteiger partial charge in [0.2, 0.25) is 0 Å². The number of nitrogens with one attached hydrogen (secondary N) is 1. The number of carboxylic acids is 1. The maximum absolute atomic E-state index is 12.0. The number of carbonyl (C=O) groups excluding carboxylic acids is 1. The molecule has 0 heterocycles. The van der Waals surface area contributed by atoms with Crippen LogP contribution >= 0.6 is 0 Å². The van der Waals surface area contributed by atoms with Crippen molar-refractivity contribution in [2.24, 2.45) is 0 Å². The summed E-state index contributed by atoms with van der Waals surface area (Å²) < 4.78 is 5.30. The lowest BCUT2D eigenvalue weighted by atomic mass is 10.2. The Morgan fingerprint density at radius 1 is 1.44 bits per heavy atom. The predicted octanol–water partition coefficient (Wildman–Crippen LogP) is 1.06. The van der Waals surface area contributed by atoms with E-state index in [9.17, 15) is 9.59 Å². The number of urea groups is 1. The lowest BCUT2D eigenvalue weighted by Crippen LogP contribution is -2.51. The number of hydrogen-bond acceptors (Lipinski definition) is 3. The first-order valence-corrected chi connectivity index (χ1v) is 6.27. The smallest absolute Gasteiger partial charge is 0.323 e. The number of carboxylic acid groups (broad SMARTS) is 1. The average Bonchev–Trinajstić information content (AvgIpc) is 2.72. The highest BCUT2D eigenvalue weighted by Gasteiger charge is 2.30. The second kappa shape index (κ2) is 6.58. The van der Waals surface area contributed by atoms with Gasteiger partial charge >= 0.3 is 12.0 Å². The highest BCUT2D eigenvalue weighted by atomic mass is 16.5. The number of ether oxygens (including phenoxy) is 1. The standard InChI is InChI=1S/C12H22N2O4/c1-8(2)14(7-11(15)16)12(17)13-9-5-4-6-10(9)18-3/h8-10H,4-7H2,1-3H3,(H,13,17)(H,15,16). The van der Waals surface area contributed by atoms with Crippen LogP contribution in [0.4, 0.5) is 4.79 Å². The molecule has 1 aliphatic carbocycles. The van der Waals surface area contributed by atoms with Crippen molar-refractivity contribution >= 4 is 12.0 Å². The SMILES string of the molecule is COC1CCCC1NC(=O)N(CC(=O)O)C(C)C. The molecule has 0 radical (unpaired) electrons. The van der Waals surface area contributed by atoms with E-state index in [0.29, 0.717) is 0 Å². The van der Waals surface area contributed by atoms with Crippen LogP contribution in [0.25, 0.3) is 0 Å². The first-order valence-electron chi connectivity index (χ1n) is 6.27. The molecule has 104 valence electrons. The van der Waals surface area contributed by atoms with Gasteiger partial charge in [-0.05, 0) is 33.1 Å². The van der Waals surface area contributed by atoms with Gasteiger partial charge in [-0.3, -0.25) is 4.79 Å². The molecular weight excluding hydrogens is 236 g/mol. The van der Waals surface area contributed by atoms with Gasteiger partial charge in [0.15, 0.2) is 0 Å². The maximum Gasteiger partial charge on any atom is 0.323 e. The number of amides is 2. The Kier molecular flexibility index (Phi) is 5.40. The quantitative estimate of drug-likeness (QED) is 0.772. The summed E-state index contributed by atoms with van der Waals surface area (Å²) in [6.45, 7) is 3.31. The molecule has 1 aliphatic rings. The van der Waals surface area contributed by atoms with Crippen molar-refractivity contribution < 1.29 is 19.4 Å². The van der Waals surface area contributed by atoms with Crippen LogP contribution in [0.1, 0.15) is 33.1 Å². The van der Waals surface area contributed by atoms with Gasteiger partial charge in [-0.25, -0.2) is 4.79 Å². The Morgan fingerprint density at radius 3 is 2.61 bits per heavy atom. The van der Waals surface area contributed by atoms with Crippen LogP contribution in [0.5, 0.6) is 0 Å². The molecule has 0 bridgehead atoms. The summed E-state index contributed by atoms with van der Waals surface area (Å²) in [5.74, 6) is -1.01. The van der Waals surface area contributed by atoms with E-state index in [-0.39, 0.29) is 30.8 Å². The zero-order chi connectivity index (χ0) is 13.7. The summed E-state index contributed by atoms with van der Waals surface area (Å²) in [6.07, 6.45) is 2.86. The molecule has 0 aromatic rings. The third-order valence-electron chi connectivity index (χ3n) is 3.25. The number of rotatable bonds is 5. The van der Waals surface area contributed by atoms with E-state index in [0.717, 1.165) is 19.3 Å². The van der Waals surface area contributed by atoms with Crippen LogP contribution in [-0.4, -0.2) is 53.8 Å². The van der Waals surface area contributed by atoms with Crippen molar-refractivity contribution in [2.75, 3.05) is 13.7 Å². The monoisotopic (exact) mass is 258 g/mol. The summed E-state index contributed by atoms with van der Waals surface area (Å²) in [5, 5.41) is 11.7. The van der Waals surface area contributed by atoms with Crippen molar-refractivity contribution in [3.63, 3.8) is 0 Å². The first kappa shape index (κ1) is 14.8. The molecule has 0 aromatic carbocycles. The van der Waals surface area contributed by atoms with E-state index in [4.69, 9.17) is 9.84 Å².